The van der Waals surface area contributed by atoms with Gasteiger partial charge in [0.25, 0.3) is 0 Å². The van der Waals surface area contributed by atoms with E-state index in [2.05, 4.69) is 48.3 Å². The number of rotatable bonds is 3. The molecule has 1 fully saturated rings. The fraction of sp³-hybridized carbons (Fsp3) is 0.647. The molecule has 1 heterocycles. The molecule has 19 heavy (non-hydrogen) atoms. The van der Waals surface area contributed by atoms with Gasteiger partial charge in [-0.05, 0) is 43.0 Å². The van der Waals surface area contributed by atoms with Gasteiger partial charge < -0.3 is 10.2 Å². The van der Waals surface area contributed by atoms with Crippen molar-refractivity contribution in [1.82, 2.24) is 10.2 Å². The maximum atomic E-state index is 3.70. The van der Waals surface area contributed by atoms with E-state index < -0.39 is 0 Å². The molecule has 0 bridgehead atoms. The van der Waals surface area contributed by atoms with Crippen LogP contribution in [0.2, 0.25) is 0 Å². The van der Waals surface area contributed by atoms with Crippen molar-refractivity contribution < 1.29 is 0 Å². The first-order chi connectivity index (χ1) is 9.24. The maximum absolute atomic E-state index is 3.70. The Morgan fingerprint density at radius 1 is 1.32 bits per heavy atom. The van der Waals surface area contributed by atoms with Crippen LogP contribution in [-0.2, 0) is 6.42 Å². The Labute approximate surface area is 117 Å². The molecule has 2 heteroatoms. The smallest absolute Gasteiger partial charge is 0.0217 e. The van der Waals surface area contributed by atoms with Crippen LogP contribution >= 0.6 is 0 Å². The van der Waals surface area contributed by atoms with Gasteiger partial charge in [0, 0.05) is 25.0 Å². The van der Waals surface area contributed by atoms with Crippen LogP contribution in [0.25, 0.3) is 0 Å². The summed E-state index contributed by atoms with van der Waals surface area (Å²) in [7, 11) is 0. The molecule has 2 aliphatic rings. The van der Waals surface area contributed by atoms with E-state index in [9.17, 15) is 0 Å². The lowest BCUT2D eigenvalue weighted by molar-refractivity contribution is 0.226. The Balaban J connectivity index is 1.61. The average molecular weight is 258 g/mol. The first-order valence-corrected chi connectivity index (χ1v) is 7.77. The van der Waals surface area contributed by atoms with Crippen molar-refractivity contribution >= 4 is 0 Å². The van der Waals surface area contributed by atoms with Gasteiger partial charge in [0.15, 0.2) is 0 Å². The number of benzene rings is 1. The molecule has 0 saturated carbocycles. The second-order valence-corrected chi connectivity index (χ2v) is 6.52. The first-order valence-electron chi connectivity index (χ1n) is 7.77. The molecule has 3 rings (SSSR count). The predicted octanol–water partition coefficient (Wildman–Crippen LogP) is 2.65. The van der Waals surface area contributed by atoms with E-state index in [1.807, 2.05) is 0 Å². The van der Waals surface area contributed by atoms with Crippen molar-refractivity contribution in [2.24, 2.45) is 5.92 Å². The van der Waals surface area contributed by atoms with Crippen LogP contribution < -0.4 is 5.32 Å². The van der Waals surface area contributed by atoms with E-state index in [0.717, 1.165) is 11.8 Å². The number of hydrogen-bond donors (Lipinski definition) is 1. The Morgan fingerprint density at radius 2 is 2.16 bits per heavy atom. The van der Waals surface area contributed by atoms with Gasteiger partial charge in [-0.3, -0.25) is 0 Å². The van der Waals surface area contributed by atoms with Gasteiger partial charge in [0.05, 0.1) is 0 Å². The van der Waals surface area contributed by atoms with E-state index in [1.165, 1.54) is 39.0 Å². The fourth-order valence-corrected chi connectivity index (χ4v) is 3.47. The highest BCUT2D eigenvalue weighted by atomic mass is 15.2. The van der Waals surface area contributed by atoms with Crippen LogP contribution in [0.15, 0.2) is 24.3 Å². The lowest BCUT2D eigenvalue weighted by Gasteiger charge is -2.35. The Morgan fingerprint density at radius 3 is 2.95 bits per heavy atom. The third-order valence-corrected chi connectivity index (χ3v) is 4.76. The van der Waals surface area contributed by atoms with Crippen LogP contribution in [0, 0.1) is 5.92 Å². The molecule has 2 atom stereocenters. The second-order valence-electron chi connectivity index (χ2n) is 6.52. The zero-order valence-electron chi connectivity index (χ0n) is 12.2. The zero-order valence-corrected chi connectivity index (χ0v) is 12.2. The highest BCUT2D eigenvalue weighted by Gasteiger charge is 2.29. The SMILES string of the molecule is CC(C)C1CN(CC2Cc3ccccc32)CCCN1. The molecule has 0 spiro atoms. The monoisotopic (exact) mass is 258 g/mol. The summed E-state index contributed by atoms with van der Waals surface area (Å²) in [5, 5.41) is 3.70. The quantitative estimate of drug-likeness (QED) is 0.896. The minimum absolute atomic E-state index is 0.665. The molecule has 0 amide bonds. The van der Waals surface area contributed by atoms with Crippen molar-refractivity contribution in [1.29, 1.82) is 0 Å². The van der Waals surface area contributed by atoms with Crippen molar-refractivity contribution in [2.45, 2.75) is 38.6 Å². The summed E-state index contributed by atoms with van der Waals surface area (Å²) in [4.78, 5) is 2.69. The molecule has 2 nitrogen and oxygen atoms in total. The lowest BCUT2D eigenvalue weighted by Crippen LogP contribution is -2.43. The average Bonchev–Trinajstić information content (AvgIpc) is 2.61. The molecule has 0 aromatic heterocycles. The maximum Gasteiger partial charge on any atom is 0.0217 e. The largest absolute Gasteiger partial charge is 0.312 e. The first kappa shape index (κ1) is 13.1. The summed E-state index contributed by atoms with van der Waals surface area (Å²) in [5.74, 6) is 1.51. The second kappa shape index (κ2) is 5.64. The third-order valence-electron chi connectivity index (χ3n) is 4.76. The molecular formula is C17H26N2. The lowest BCUT2D eigenvalue weighted by atomic mass is 9.77. The normalized spacial score (nSPS) is 27.7. The number of nitrogens with one attached hydrogen (secondary N) is 1. The number of hydrogen-bond acceptors (Lipinski definition) is 2. The highest BCUT2D eigenvalue weighted by molar-refractivity contribution is 5.40. The molecular weight excluding hydrogens is 232 g/mol. The van der Waals surface area contributed by atoms with Gasteiger partial charge in [0.2, 0.25) is 0 Å². The Hall–Kier alpha value is -0.860. The minimum atomic E-state index is 0.665. The van der Waals surface area contributed by atoms with E-state index in [1.54, 1.807) is 11.1 Å². The van der Waals surface area contributed by atoms with Gasteiger partial charge in [-0.2, -0.15) is 0 Å². The molecule has 1 saturated heterocycles. The molecule has 1 N–H and O–H groups in total. The van der Waals surface area contributed by atoms with Crippen molar-refractivity contribution in [3.05, 3.63) is 35.4 Å². The molecule has 2 unspecified atom stereocenters. The minimum Gasteiger partial charge on any atom is -0.312 e. The van der Waals surface area contributed by atoms with E-state index in [0.29, 0.717) is 6.04 Å². The third kappa shape index (κ3) is 2.85. The zero-order chi connectivity index (χ0) is 13.2. The molecule has 1 aromatic rings. The summed E-state index contributed by atoms with van der Waals surface area (Å²) < 4.78 is 0. The van der Waals surface area contributed by atoms with Crippen LogP contribution in [0.4, 0.5) is 0 Å². The van der Waals surface area contributed by atoms with Gasteiger partial charge >= 0.3 is 0 Å². The Kier molecular flexibility index (Phi) is 3.90. The predicted molar refractivity (Wildman–Crippen MR) is 80.6 cm³/mol. The van der Waals surface area contributed by atoms with E-state index in [4.69, 9.17) is 0 Å². The summed E-state index contributed by atoms with van der Waals surface area (Å²) >= 11 is 0. The molecule has 104 valence electrons. The summed E-state index contributed by atoms with van der Waals surface area (Å²) in [6.07, 6.45) is 2.57. The van der Waals surface area contributed by atoms with Crippen LogP contribution in [0.1, 0.15) is 37.3 Å². The summed E-state index contributed by atoms with van der Waals surface area (Å²) in [6.45, 7) is 9.58. The standard InChI is InChI=1S/C17H26N2/c1-13(2)17-12-19(9-5-8-18-17)11-15-10-14-6-3-4-7-16(14)15/h3-4,6-7,13,15,17-18H,5,8-12H2,1-2H3. The van der Waals surface area contributed by atoms with Crippen LogP contribution in [0.5, 0.6) is 0 Å². The summed E-state index contributed by atoms with van der Waals surface area (Å²) in [5.41, 5.74) is 3.17. The van der Waals surface area contributed by atoms with E-state index >= 15 is 0 Å². The van der Waals surface area contributed by atoms with Gasteiger partial charge in [-0.25, -0.2) is 0 Å². The van der Waals surface area contributed by atoms with Crippen molar-refractivity contribution in [3.63, 3.8) is 0 Å². The van der Waals surface area contributed by atoms with Crippen LogP contribution in [-0.4, -0.2) is 37.1 Å². The van der Waals surface area contributed by atoms with E-state index in [-0.39, 0.29) is 0 Å². The van der Waals surface area contributed by atoms with Crippen molar-refractivity contribution in [2.75, 3.05) is 26.2 Å². The highest BCUT2D eigenvalue weighted by Crippen LogP contribution is 2.35. The number of fused-ring (bicyclic) bond motifs is 1. The Bertz CT molecular complexity index is 427. The fourth-order valence-electron chi connectivity index (χ4n) is 3.47. The molecule has 0 radical (unpaired) electrons. The van der Waals surface area contributed by atoms with Crippen LogP contribution in [0.3, 0.4) is 0 Å². The summed E-state index contributed by atoms with van der Waals surface area (Å²) in [6, 6.07) is 9.62. The topological polar surface area (TPSA) is 15.3 Å². The number of nitrogens with zero attached hydrogens (tertiary/aromatic N) is 1. The van der Waals surface area contributed by atoms with Crippen molar-refractivity contribution in [3.8, 4) is 0 Å². The molecule has 1 aliphatic carbocycles. The molecule has 1 aliphatic heterocycles. The van der Waals surface area contributed by atoms with Gasteiger partial charge in [-0.15, -0.1) is 0 Å². The van der Waals surface area contributed by atoms with Gasteiger partial charge in [0.1, 0.15) is 0 Å². The van der Waals surface area contributed by atoms with Gasteiger partial charge in [-0.1, -0.05) is 38.1 Å². The molecule has 1 aromatic carbocycles.